The minimum Gasteiger partial charge on any atom is -0.497 e. The Hall–Kier alpha value is -3.28. The van der Waals surface area contributed by atoms with Crippen LogP contribution in [-0.4, -0.2) is 33.1 Å². The monoisotopic (exact) mass is 340 g/mol. The summed E-state index contributed by atoms with van der Waals surface area (Å²) in [6.07, 6.45) is 3.07. The Bertz CT molecular complexity index is 783. The van der Waals surface area contributed by atoms with E-state index in [1.807, 2.05) is 0 Å². The first kappa shape index (κ1) is 18.1. The maximum absolute atomic E-state index is 12.1. The number of hydrogen-bond acceptors (Lipinski definition) is 4. The third-order valence-electron chi connectivity index (χ3n) is 3.49. The average molecular weight is 340 g/mol. The van der Waals surface area contributed by atoms with E-state index in [1.165, 1.54) is 13.2 Å². The van der Waals surface area contributed by atoms with Gasteiger partial charge in [-0.1, -0.05) is 12.1 Å². The zero-order chi connectivity index (χ0) is 18.2. The minimum absolute atomic E-state index is 0.154. The van der Waals surface area contributed by atoms with Crippen molar-refractivity contribution in [3.8, 4) is 11.5 Å². The molecule has 0 heterocycles. The lowest BCUT2D eigenvalue weighted by molar-refractivity contribution is -0.111. The first-order chi connectivity index (χ1) is 12.1. The van der Waals surface area contributed by atoms with Gasteiger partial charge in [0.2, 0.25) is 5.91 Å². The summed E-state index contributed by atoms with van der Waals surface area (Å²) in [4.78, 5) is 23.6. The molecular weight excluding hydrogens is 320 g/mol. The van der Waals surface area contributed by atoms with E-state index in [4.69, 9.17) is 9.47 Å². The van der Waals surface area contributed by atoms with Crippen LogP contribution in [0, 0.1) is 0 Å². The maximum Gasteiger partial charge on any atom is 0.251 e. The van der Waals surface area contributed by atoms with Gasteiger partial charge in [0.05, 0.1) is 19.9 Å². The standard InChI is InChI=1S/C19H20N2O4/c1-20-19(23)14-7-4-13(5-8-14)6-11-18(22)21-16-12-15(24-2)9-10-17(16)25-3/h4-12H,1-3H3,(H,20,23)(H,21,22)/b11-6+. The van der Waals surface area contributed by atoms with Crippen LogP contribution in [-0.2, 0) is 4.79 Å². The Labute approximate surface area is 146 Å². The summed E-state index contributed by atoms with van der Waals surface area (Å²) in [5, 5.41) is 5.31. The molecule has 0 unspecified atom stereocenters. The van der Waals surface area contributed by atoms with E-state index in [0.29, 0.717) is 22.7 Å². The van der Waals surface area contributed by atoms with Crippen LogP contribution in [0.3, 0.4) is 0 Å². The predicted molar refractivity (Wildman–Crippen MR) is 97.0 cm³/mol. The van der Waals surface area contributed by atoms with Crippen molar-refractivity contribution in [1.29, 1.82) is 0 Å². The average Bonchev–Trinajstić information content (AvgIpc) is 2.66. The van der Waals surface area contributed by atoms with E-state index in [9.17, 15) is 9.59 Å². The van der Waals surface area contributed by atoms with Crippen LogP contribution in [0.2, 0.25) is 0 Å². The van der Waals surface area contributed by atoms with E-state index in [1.54, 1.807) is 62.7 Å². The molecule has 0 saturated heterocycles. The van der Waals surface area contributed by atoms with Crippen LogP contribution in [0.25, 0.3) is 6.08 Å². The molecule has 0 aliphatic rings. The number of ether oxygens (including phenoxy) is 2. The van der Waals surface area contributed by atoms with Crippen LogP contribution in [0.1, 0.15) is 15.9 Å². The topological polar surface area (TPSA) is 76.7 Å². The molecule has 0 aromatic heterocycles. The second kappa shape index (κ2) is 8.54. The minimum atomic E-state index is -0.304. The predicted octanol–water partition coefficient (Wildman–Crippen LogP) is 2.72. The van der Waals surface area contributed by atoms with E-state index in [-0.39, 0.29) is 11.8 Å². The third-order valence-corrected chi connectivity index (χ3v) is 3.49. The van der Waals surface area contributed by atoms with E-state index in [0.717, 1.165) is 5.56 Å². The number of rotatable bonds is 6. The summed E-state index contributed by atoms with van der Waals surface area (Å²) in [7, 11) is 4.66. The molecule has 2 aromatic carbocycles. The number of anilines is 1. The molecule has 0 spiro atoms. The van der Waals surface area contributed by atoms with Crippen molar-refractivity contribution >= 4 is 23.6 Å². The molecule has 0 radical (unpaired) electrons. The number of nitrogens with one attached hydrogen (secondary N) is 2. The number of benzene rings is 2. The van der Waals surface area contributed by atoms with E-state index >= 15 is 0 Å². The number of amides is 2. The molecule has 0 aliphatic carbocycles. The van der Waals surface area contributed by atoms with Crippen molar-refractivity contribution in [1.82, 2.24) is 5.32 Å². The molecule has 2 N–H and O–H groups in total. The lowest BCUT2D eigenvalue weighted by atomic mass is 10.1. The Morgan fingerprint density at radius 2 is 1.72 bits per heavy atom. The van der Waals surface area contributed by atoms with Crippen molar-refractivity contribution in [3.05, 3.63) is 59.7 Å². The van der Waals surface area contributed by atoms with Crippen molar-refractivity contribution in [3.63, 3.8) is 0 Å². The second-order valence-corrected chi connectivity index (χ2v) is 5.09. The van der Waals surface area contributed by atoms with Gasteiger partial charge in [-0.15, -0.1) is 0 Å². The Balaban J connectivity index is 2.07. The molecule has 6 nitrogen and oxygen atoms in total. The van der Waals surface area contributed by atoms with Crippen LogP contribution in [0.4, 0.5) is 5.69 Å². The highest BCUT2D eigenvalue weighted by molar-refractivity contribution is 6.03. The van der Waals surface area contributed by atoms with Crippen molar-refractivity contribution in [2.24, 2.45) is 0 Å². The second-order valence-electron chi connectivity index (χ2n) is 5.09. The van der Waals surface area contributed by atoms with E-state index in [2.05, 4.69) is 10.6 Å². The van der Waals surface area contributed by atoms with Gasteiger partial charge >= 0.3 is 0 Å². The summed E-state index contributed by atoms with van der Waals surface area (Å²) in [6, 6.07) is 12.1. The van der Waals surface area contributed by atoms with Gasteiger partial charge in [0, 0.05) is 24.8 Å². The van der Waals surface area contributed by atoms with Gasteiger partial charge in [-0.2, -0.15) is 0 Å². The van der Waals surface area contributed by atoms with Gasteiger partial charge in [-0.25, -0.2) is 0 Å². The Morgan fingerprint density at radius 3 is 2.32 bits per heavy atom. The molecule has 0 aliphatic heterocycles. The molecule has 2 amide bonds. The van der Waals surface area contributed by atoms with Gasteiger partial charge in [0.15, 0.2) is 0 Å². The van der Waals surface area contributed by atoms with Crippen LogP contribution in [0.15, 0.2) is 48.5 Å². The van der Waals surface area contributed by atoms with Crippen molar-refractivity contribution in [2.75, 3.05) is 26.6 Å². The van der Waals surface area contributed by atoms with Crippen LogP contribution in [0.5, 0.6) is 11.5 Å². The lowest BCUT2D eigenvalue weighted by Gasteiger charge is -2.10. The molecule has 0 fully saturated rings. The van der Waals surface area contributed by atoms with Gasteiger partial charge < -0.3 is 20.1 Å². The smallest absolute Gasteiger partial charge is 0.251 e. The highest BCUT2D eigenvalue weighted by Crippen LogP contribution is 2.28. The summed E-state index contributed by atoms with van der Waals surface area (Å²) >= 11 is 0. The fraction of sp³-hybridized carbons (Fsp3) is 0.158. The molecule has 130 valence electrons. The SMILES string of the molecule is CNC(=O)c1ccc(/C=C/C(=O)Nc2cc(OC)ccc2OC)cc1. The molecule has 0 atom stereocenters. The fourth-order valence-electron chi connectivity index (χ4n) is 2.15. The first-order valence-corrected chi connectivity index (χ1v) is 7.60. The molecule has 0 saturated carbocycles. The maximum atomic E-state index is 12.1. The first-order valence-electron chi connectivity index (χ1n) is 7.60. The van der Waals surface area contributed by atoms with Crippen LogP contribution >= 0.6 is 0 Å². The normalized spacial score (nSPS) is 10.4. The summed E-state index contributed by atoms with van der Waals surface area (Å²) in [6.45, 7) is 0. The quantitative estimate of drug-likeness (QED) is 0.793. The van der Waals surface area contributed by atoms with Crippen molar-refractivity contribution in [2.45, 2.75) is 0 Å². The lowest BCUT2D eigenvalue weighted by Crippen LogP contribution is -2.17. The van der Waals surface area contributed by atoms with Gasteiger partial charge in [0.1, 0.15) is 11.5 Å². The number of carbonyl (C=O) groups is 2. The zero-order valence-corrected chi connectivity index (χ0v) is 14.3. The van der Waals surface area contributed by atoms with Gasteiger partial charge in [0.25, 0.3) is 5.91 Å². The fourth-order valence-corrected chi connectivity index (χ4v) is 2.15. The summed E-state index contributed by atoms with van der Waals surface area (Å²) in [5.74, 6) is 0.697. The van der Waals surface area contributed by atoms with Crippen LogP contribution < -0.4 is 20.1 Å². The molecular formula is C19H20N2O4. The molecule has 2 rings (SSSR count). The molecule has 6 heteroatoms. The number of methoxy groups -OCH3 is 2. The molecule has 2 aromatic rings. The van der Waals surface area contributed by atoms with E-state index < -0.39 is 0 Å². The molecule has 25 heavy (non-hydrogen) atoms. The molecule has 0 bridgehead atoms. The largest absolute Gasteiger partial charge is 0.497 e. The third kappa shape index (κ3) is 4.84. The Kier molecular flexibility index (Phi) is 6.17. The van der Waals surface area contributed by atoms with Gasteiger partial charge in [-0.3, -0.25) is 9.59 Å². The number of carbonyl (C=O) groups excluding carboxylic acids is 2. The zero-order valence-electron chi connectivity index (χ0n) is 14.3. The summed E-state index contributed by atoms with van der Waals surface area (Å²) in [5.41, 5.74) is 1.89. The highest BCUT2D eigenvalue weighted by Gasteiger charge is 2.07. The summed E-state index contributed by atoms with van der Waals surface area (Å²) < 4.78 is 10.4. The van der Waals surface area contributed by atoms with Gasteiger partial charge in [-0.05, 0) is 35.9 Å². The van der Waals surface area contributed by atoms with Crippen molar-refractivity contribution < 1.29 is 19.1 Å². The highest BCUT2D eigenvalue weighted by atomic mass is 16.5. The number of hydrogen-bond donors (Lipinski definition) is 2. The Morgan fingerprint density at radius 1 is 1.00 bits per heavy atom.